The van der Waals surface area contributed by atoms with E-state index in [9.17, 15) is 4.79 Å². The van der Waals surface area contributed by atoms with Gasteiger partial charge in [0.25, 0.3) is 0 Å². The molecule has 0 aliphatic carbocycles. The van der Waals surface area contributed by atoms with Gasteiger partial charge < -0.3 is 5.73 Å². The van der Waals surface area contributed by atoms with Gasteiger partial charge in [-0.2, -0.15) is 10.1 Å². The van der Waals surface area contributed by atoms with Gasteiger partial charge in [0.2, 0.25) is 0 Å². The van der Waals surface area contributed by atoms with Crippen molar-refractivity contribution in [2.45, 2.75) is 24.8 Å². The van der Waals surface area contributed by atoms with E-state index < -0.39 is 5.69 Å². The van der Waals surface area contributed by atoms with Crippen LogP contribution in [0.3, 0.4) is 0 Å². The molecule has 1 aromatic rings. The van der Waals surface area contributed by atoms with Crippen LogP contribution in [0.15, 0.2) is 9.82 Å². The summed E-state index contributed by atoms with van der Waals surface area (Å²) in [5.74, 6) is 1.16. The van der Waals surface area contributed by atoms with E-state index in [4.69, 9.17) is 5.73 Å². The number of nitrogens with two attached hydrogens (primary N) is 1. The van der Waals surface area contributed by atoms with E-state index in [0.29, 0.717) is 5.03 Å². The van der Waals surface area contributed by atoms with Crippen molar-refractivity contribution in [3.8, 4) is 0 Å². The zero-order valence-corrected chi connectivity index (χ0v) is 8.23. The highest BCUT2D eigenvalue weighted by Gasteiger charge is 2.02. The summed E-state index contributed by atoms with van der Waals surface area (Å²) >= 11 is 1.51. The first-order valence-corrected chi connectivity index (χ1v) is 5.07. The SMILES string of the molecule is CCCCSc1n[nH]c(=O)nc1N. The molecule has 1 heterocycles. The van der Waals surface area contributed by atoms with Crippen LogP contribution >= 0.6 is 11.8 Å². The molecule has 72 valence electrons. The van der Waals surface area contributed by atoms with Gasteiger partial charge in [-0.15, -0.1) is 11.8 Å². The number of hydrogen-bond donors (Lipinski definition) is 2. The number of anilines is 1. The lowest BCUT2D eigenvalue weighted by molar-refractivity contribution is 0.841. The molecule has 5 nitrogen and oxygen atoms in total. The van der Waals surface area contributed by atoms with Crippen molar-refractivity contribution in [2.24, 2.45) is 0 Å². The summed E-state index contributed by atoms with van der Waals surface area (Å²) in [4.78, 5) is 14.2. The summed E-state index contributed by atoms with van der Waals surface area (Å²) < 4.78 is 0. The van der Waals surface area contributed by atoms with Crippen molar-refractivity contribution >= 4 is 17.6 Å². The Bertz CT molecular complexity index is 325. The molecule has 1 aromatic heterocycles. The number of nitrogen functional groups attached to an aromatic ring is 1. The van der Waals surface area contributed by atoms with Crippen LogP contribution in [0.5, 0.6) is 0 Å². The van der Waals surface area contributed by atoms with Crippen molar-refractivity contribution in [3.63, 3.8) is 0 Å². The van der Waals surface area contributed by atoms with Crippen LogP contribution in [-0.2, 0) is 0 Å². The van der Waals surface area contributed by atoms with Crippen molar-refractivity contribution in [1.29, 1.82) is 0 Å². The molecule has 0 aliphatic rings. The van der Waals surface area contributed by atoms with Crippen LogP contribution in [0, 0.1) is 0 Å². The molecule has 0 atom stereocenters. The van der Waals surface area contributed by atoms with Crippen LogP contribution in [-0.4, -0.2) is 20.9 Å². The molecular weight excluding hydrogens is 188 g/mol. The topological polar surface area (TPSA) is 84.7 Å². The van der Waals surface area contributed by atoms with Gasteiger partial charge in [0.1, 0.15) is 0 Å². The number of nitrogens with zero attached hydrogens (tertiary/aromatic N) is 2. The molecule has 0 radical (unpaired) electrons. The van der Waals surface area contributed by atoms with Gasteiger partial charge in [0.15, 0.2) is 10.8 Å². The predicted molar refractivity (Wildman–Crippen MR) is 52.7 cm³/mol. The molecule has 0 spiro atoms. The van der Waals surface area contributed by atoms with Gasteiger partial charge >= 0.3 is 5.69 Å². The van der Waals surface area contributed by atoms with Crippen LogP contribution in [0.1, 0.15) is 19.8 Å². The molecule has 0 bridgehead atoms. The van der Waals surface area contributed by atoms with E-state index in [0.717, 1.165) is 18.6 Å². The average Bonchev–Trinajstić information content (AvgIpc) is 2.09. The molecule has 6 heteroatoms. The molecule has 3 N–H and O–H groups in total. The third-order valence-electron chi connectivity index (χ3n) is 1.43. The number of rotatable bonds is 4. The fraction of sp³-hybridized carbons (Fsp3) is 0.571. The molecular formula is C7H12N4OS. The maximum absolute atomic E-state index is 10.7. The molecule has 0 unspecified atom stereocenters. The average molecular weight is 200 g/mol. The molecule has 13 heavy (non-hydrogen) atoms. The fourth-order valence-corrected chi connectivity index (χ4v) is 1.69. The van der Waals surface area contributed by atoms with Gasteiger partial charge in [-0.3, -0.25) is 0 Å². The molecule has 0 saturated heterocycles. The van der Waals surface area contributed by atoms with Gasteiger partial charge in [0, 0.05) is 0 Å². The normalized spacial score (nSPS) is 10.2. The minimum Gasteiger partial charge on any atom is -0.381 e. The summed E-state index contributed by atoms with van der Waals surface area (Å²) in [6.45, 7) is 2.11. The zero-order valence-electron chi connectivity index (χ0n) is 7.41. The quantitative estimate of drug-likeness (QED) is 0.550. The first kappa shape index (κ1) is 10.0. The summed E-state index contributed by atoms with van der Waals surface area (Å²) in [5.41, 5.74) is 4.99. The molecule has 0 aliphatic heterocycles. The molecule has 0 saturated carbocycles. The monoisotopic (exact) mass is 200 g/mol. The minimum atomic E-state index is -0.502. The Morgan fingerprint density at radius 3 is 3.00 bits per heavy atom. The van der Waals surface area contributed by atoms with Crippen molar-refractivity contribution in [2.75, 3.05) is 11.5 Å². The highest BCUT2D eigenvalue weighted by Crippen LogP contribution is 2.19. The summed E-state index contributed by atoms with van der Waals surface area (Å²) in [7, 11) is 0. The third-order valence-corrected chi connectivity index (χ3v) is 2.50. The minimum absolute atomic E-state index is 0.213. The second kappa shape index (κ2) is 4.86. The Kier molecular flexibility index (Phi) is 3.75. The van der Waals surface area contributed by atoms with Gasteiger partial charge in [-0.05, 0) is 12.2 Å². The van der Waals surface area contributed by atoms with E-state index in [-0.39, 0.29) is 5.82 Å². The van der Waals surface area contributed by atoms with Gasteiger partial charge in [-0.25, -0.2) is 9.89 Å². The van der Waals surface area contributed by atoms with E-state index >= 15 is 0 Å². The maximum atomic E-state index is 10.7. The molecule has 0 amide bonds. The maximum Gasteiger partial charge on any atom is 0.363 e. The molecule has 1 rings (SSSR count). The fourth-order valence-electron chi connectivity index (χ4n) is 0.757. The van der Waals surface area contributed by atoms with Crippen LogP contribution < -0.4 is 11.4 Å². The van der Waals surface area contributed by atoms with Crippen molar-refractivity contribution < 1.29 is 0 Å². The highest BCUT2D eigenvalue weighted by atomic mass is 32.2. The Balaban J connectivity index is 2.61. The largest absolute Gasteiger partial charge is 0.381 e. The predicted octanol–water partition coefficient (Wildman–Crippen LogP) is 0.639. The molecule has 0 fully saturated rings. The Hall–Kier alpha value is -1.04. The third kappa shape index (κ3) is 3.06. The van der Waals surface area contributed by atoms with E-state index in [1.54, 1.807) is 0 Å². The number of nitrogens with one attached hydrogen (secondary N) is 1. The van der Waals surface area contributed by atoms with Crippen molar-refractivity contribution in [3.05, 3.63) is 10.5 Å². The lowest BCUT2D eigenvalue weighted by Gasteiger charge is -2.00. The number of aromatic amines is 1. The zero-order chi connectivity index (χ0) is 9.68. The Morgan fingerprint density at radius 1 is 1.62 bits per heavy atom. The first-order chi connectivity index (χ1) is 6.24. The first-order valence-electron chi connectivity index (χ1n) is 4.09. The Labute approximate surface area is 80.1 Å². The summed E-state index contributed by atoms with van der Waals surface area (Å²) in [6, 6.07) is 0. The van der Waals surface area contributed by atoms with E-state index in [2.05, 4.69) is 22.1 Å². The number of unbranched alkanes of at least 4 members (excludes halogenated alkanes) is 1. The standard InChI is InChI=1S/C7H12N4OS/c1-2-3-4-13-6-5(8)9-7(12)11-10-6/h2-4H2,1H3,(H3,8,9,11,12). The lowest BCUT2D eigenvalue weighted by Crippen LogP contribution is -2.15. The summed E-state index contributed by atoms with van der Waals surface area (Å²) in [5, 5.41) is 6.64. The Morgan fingerprint density at radius 2 is 2.38 bits per heavy atom. The van der Waals surface area contributed by atoms with Crippen LogP contribution in [0.4, 0.5) is 5.82 Å². The highest BCUT2D eigenvalue weighted by molar-refractivity contribution is 7.99. The lowest BCUT2D eigenvalue weighted by atomic mass is 10.4. The number of H-pyrrole nitrogens is 1. The number of thioether (sulfide) groups is 1. The second-order valence-electron chi connectivity index (χ2n) is 2.53. The van der Waals surface area contributed by atoms with Gasteiger partial charge in [0.05, 0.1) is 0 Å². The van der Waals surface area contributed by atoms with E-state index in [1.807, 2.05) is 0 Å². The van der Waals surface area contributed by atoms with E-state index in [1.165, 1.54) is 11.8 Å². The second-order valence-corrected chi connectivity index (χ2v) is 3.62. The van der Waals surface area contributed by atoms with Crippen LogP contribution in [0.25, 0.3) is 0 Å². The van der Waals surface area contributed by atoms with Crippen molar-refractivity contribution in [1.82, 2.24) is 15.2 Å². The van der Waals surface area contributed by atoms with Gasteiger partial charge in [-0.1, -0.05) is 13.3 Å². The summed E-state index contributed by atoms with van der Waals surface area (Å²) in [6.07, 6.45) is 2.23. The number of hydrogen-bond acceptors (Lipinski definition) is 5. The number of aromatic nitrogens is 3. The smallest absolute Gasteiger partial charge is 0.363 e. The van der Waals surface area contributed by atoms with Crippen LogP contribution in [0.2, 0.25) is 0 Å². The molecule has 0 aromatic carbocycles.